The fourth-order valence-electron chi connectivity index (χ4n) is 2.90. The molecule has 0 aliphatic carbocycles. The molecule has 5 nitrogen and oxygen atoms in total. The van der Waals surface area contributed by atoms with Crippen molar-refractivity contribution in [3.8, 4) is 0 Å². The number of benzene rings is 2. The molecule has 1 aromatic heterocycles. The maximum absolute atomic E-state index is 13.0. The van der Waals surface area contributed by atoms with Crippen LogP contribution < -0.4 is 10.9 Å². The van der Waals surface area contributed by atoms with Crippen molar-refractivity contribution in [2.45, 2.75) is 19.0 Å². The minimum absolute atomic E-state index is 0.302. The molecular weight excluding hydrogens is 340 g/mol. The second kappa shape index (κ2) is 8.27. The van der Waals surface area contributed by atoms with Gasteiger partial charge in [-0.05, 0) is 18.6 Å². The summed E-state index contributed by atoms with van der Waals surface area (Å²) in [6.45, 7) is 1.84. The van der Waals surface area contributed by atoms with Gasteiger partial charge in [-0.15, -0.1) is 0 Å². The summed E-state index contributed by atoms with van der Waals surface area (Å²) in [5.41, 5.74) is 0.882. The van der Waals surface area contributed by atoms with Gasteiger partial charge in [0, 0.05) is 17.8 Å². The van der Waals surface area contributed by atoms with Crippen LogP contribution in [0.2, 0.25) is 0 Å². The largest absolute Gasteiger partial charge is 0.347 e. The van der Waals surface area contributed by atoms with Crippen LogP contribution in [0, 0.1) is 0 Å². The van der Waals surface area contributed by atoms with Crippen molar-refractivity contribution in [3.05, 3.63) is 107 Å². The van der Waals surface area contributed by atoms with Gasteiger partial charge in [0.15, 0.2) is 11.8 Å². The summed E-state index contributed by atoms with van der Waals surface area (Å²) in [6.07, 6.45) is 1.46. The molecule has 0 aliphatic rings. The highest BCUT2D eigenvalue weighted by Crippen LogP contribution is 2.17. The third-order valence-corrected chi connectivity index (χ3v) is 4.34. The summed E-state index contributed by atoms with van der Waals surface area (Å²) < 4.78 is 1.17. The summed E-state index contributed by atoms with van der Waals surface area (Å²) in [7, 11) is 0. The molecule has 3 aromatic rings. The van der Waals surface area contributed by atoms with Gasteiger partial charge in [-0.3, -0.25) is 19.0 Å². The zero-order chi connectivity index (χ0) is 19.2. The first-order valence-electron chi connectivity index (χ1n) is 8.69. The summed E-state index contributed by atoms with van der Waals surface area (Å²) in [5.74, 6) is -0.949. The van der Waals surface area contributed by atoms with Crippen LogP contribution >= 0.6 is 0 Å². The lowest BCUT2D eigenvalue weighted by molar-refractivity contribution is -0.123. The van der Waals surface area contributed by atoms with Crippen molar-refractivity contribution >= 4 is 11.7 Å². The molecule has 0 fully saturated rings. The number of carbonyl (C=O) groups is 2. The van der Waals surface area contributed by atoms with Crippen LogP contribution in [0.1, 0.15) is 34.9 Å². The van der Waals surface area contributed by atoms with E-state index >= 15 is 0 Å². The molecule has 0 aliphatic heterocycles. The zero-order valence-corrected chi connectivity index (χ0v) is 14.9. The third kappa shape index (κ3) is 4.20. The second-order valence-corrected chi connectivity index (χ2v) is 6.22. The number of hydrogen-bond acceptors (Lipinski definition) is 3. The van der Waals surface area contributed by atoms with Crippen molar-refractivity contribution < 1.29 is 9.59 Å². The third-order valence-electron chi connectivity index (χ3n) is 4.34. The van der Waals surface area contributed by atoms with Crippen molar-refractivity contribution in [2.75, 3.05) is 0 Å². The summed E-state index contributed by atoms with van der Waals surface area (Å²) in [6, 6.07) is 20.9. The van der Waals surface area contributed by atoms with Gasteiger partial charge in [0.05, 0.1) is 6.04 Å². The van der Waals surface area contributed by atoms with Crippen LogP contribution in [0.25, 0.3) is 0 Å². The van der Waals surface area contributed by atoms with Crippen LogP contribution in [-0.4, -0.2) is 16.3 Å². The Hall–Kier alpha value is -3.47. The molecule has 27 heavy (non-hydrogen) atoms. The monoisotopic (exact) mass is 360 g/mol. The molecule has 1 heterocycles. The average molecular weight is 360 g/mol. The fraction of sp³-hybridized carbons (Fsp3) is 0.136. The Morgan fingerprint density at radius 3 is 2.07 bits per heavy atom. The highest BCUT2D eigenvalue weighted by molar-refractivity contribution is 6.11. The first-order valence-corrected chi connectivity index (χ1v) is 8.69. The molecule has 136 valence electrons. The number of amides is 1. The van der Waals surface area contributed by atoms with E-state index in [0.717, 1.165) is 5.56 Å². The number of carbonyl (C=O) groups excluding carboxylic acids is 2. The van der Waals surface area contributed by atoms with E-state index in [1.54, 1.807) is 42.5 Å². The van der Waals surface area contributed by atoms with Gasteiger partial charge in [-0.25, -0.2) is 0 Å². The van der Waals surface area contributed by atoms with E-state index < -0.39 is 23.3 Å². The van der Waals surface area contributed by atoms with Crippen LogP contribution in [0.5, 0.6) is 0 Å². The minimum atomic E-state index is -1.27. The van der Waals surface area contributed by atoms with E-state index in [-0.39, 0.29) is 6.04 Å². The maximum Gasteiger partial charge on any atom is 0.251 e. The van der Waals surface area contributed by atoms with E-state index in [0.29, 0.717) is 5.56 Å². The summed E-state index contributed by atoms with van der Waals surface area (Å²) in [4.78, 5) is 38.3. The van der Waals surface area contributed by atoms with E-state index in [1.165, 1.54) is 16.8 Å². The quantitative estimate of drug-likeness (QED) is 0.542. The molecule has 2 atom stereocenters. The van der Waals surface area contributed by atoms with Crippen molar-refractivity contribution in [1.82, 2.24) is 9.88 Å². The van der Waals surface area contributed by atoms with Gasteiger partial charge in [0.25, 0.3) is 11.5 Å². The highest BCUT2D eigenvalue weighted by atomic mass is 16.2. The molecule has 0 saturated carbocycles. The maximum atomic E-state index is 13.0. The second-order valence-electron chi connectivity index (χ2n) is 6.22. The molecule has 3 rings (SSSR count). The molecule has 0 radical (unpaired) electrons. The number of hydrogen-bond donors (Lipinski definition) is 1. The highest BCUT2D eigenvalue weighted by Gasteiger charge is 2.30. The Bertz CT molecular complexity index is 981. The lowest BCUT2D eigenvalue weighted by Crippen LogP contribution is -2.42. The van der Waals surface area contributed by atoms with Gasteiger partial charge in [-0.2, -0.15) is 0 Å². The van der Waals surface area contributed by atoms with Gasteiger partial charge in [-0.1, -0.05) is 66.7 Å². The standard InChI is InChI=1S/C22H20N2O3/c1-16(17-10-4-2-5-11-17)23-22(27)20(24-15-9-8-14-19(24)25)21(26)18-12-6-3-7-13-18/h2-16,20H,1H3,(H,23,27)/t16-,20+/m1/s1. The van der Waals surface area contributed by atoms with Gasteiger partial charge >= 0.3 is 0 Å². The predicted molar refractivity (Wildman–Crippen MR) is 104 cm³/mol. The Balaban J connectivity index is 1.94. The fourth-order valence-corrected chi connectivity index (χ4v) is 2.90. The Labute approximate surface area is 157 Å². The number of pyridine rings is 1. The van der Waals surface area contributed by atoms with Crippen molar-refractivity contribution in [1.29, 1.82) is 0 Å². The van der Waals surface area contributed by atoms with E-state index in [1.807, 2.05) is 37.3 Å². The Morgan fingerprint density at radius 2 is 1.44 bits per heavy atom. The number of ketones is 1. The zero-order valence-electron chi connectivity index (χ0n) is 14.9. The smallest absolute Gasteiger partial charge is 0.251 e. The van der Waals surface area contributed by atoms with E-state index in [2.05, 4.69) is 5.32 Å². The average Bonchev–Trinajstić information content (AvgIpc) is 2.71. The molecule has 1 N–H and O–H groups in total. The van der Waals surface area contributed by atoms with Crippen LogP contribution in [-0.2, 0) is 4.79 Å². The number of aromatic nitrogens is 1. The molecule has 0 spiro atoms. The number of nitrogens with one attached hydrogen (secondary N) is 1. The van der Waals surface area contributed by atoms with Crippen LogP contribution in [0.3, 0.4) is 0 Å². The predicted octanol–water partition coefficient (Wildman–Crippen LogP) is 3.15. The molecule has 0 bridgehead atoms. The lowest BCUT2D eigenvalue weighted by Gasteiger charge is -2.21. The Morgan fingerprint density at radius 1 is 0.852 bits per heavy atom. The van der Waals surface area contributed by atoms with E-state index in [4.69, 9.17) is 0 Å². The molecule has 0 saturated heterocycles. The van der Waals surface area contributed by atoms with Gasteiger partial charge in [0.1, 0.15) is 0 Å². The Kier molecular flexibility index (Phi) is 5.61. The first-order chi connectivity index (χ1) is 13.1. The van der Waals surface area contributed by atoms with Crippen molar-refractivity contribution in [3.63, 3.8) is 0 Å². The SMILES string of the molecule is C[C@@H](NC(=O)[C@H](C(=O)c1ccccc1)n1ccccc1=O)c1ccccc1. The molecular formula is C22H20N2O3. The van der Waals surface area contributed by atoms with Crippen LogP contribution in [0.4, 0.5) is 0 Å². The van der Waals surface area contributed by atoms with Crippen molar-refractivity contribution in [2.24, 2.45) is 0 Å². The minimum Gasteiger partial charge on any atom is -0.347 e. The lowest BCUT2D eigenvalue weighted by atomic mass is 10.0. The molecule has 2 aromatic carbocycles. The molecule has 1 amide bonds. The summed E-state index contributed by atoms with van der Waals surface area (Å²) >= 11 is 0. The topological polar surface area (TPSA) is 68.2 Å². The number of nitrogens with zero attached hydrogens (tertiary/aromatic N) is 1. The molecule has 0 unspecified atom stereocenters. The number of Topliss-reactive ketones (excluding diaryl/α,β-unsaturated/α-hetero) is 1. The first kappa shape index (κ1) is 18.3. The van der Waals surface area contributed by atoms with Gasteiger partial charge in [0.2, 0.25) is 0 Å². The van der Waals surface area contributed by atoms with Crippen LogP contribution in [0.15, 0.2) is 89.9 Å². The number of rotatable bonds is 6. The normalized spacial score (nSPS) is 12.8. The van der Waals surface area contributed by atoms with Gasteiger partial charge < -0.3 is 5.32 Å². The van der Waals surface area contributed by atoms with E-state index in [9.17, 15) is 14.4 Å². The molecule has 5 heteroatoms. The summed E-state index contributed by atoms with van der Waals surface area (Å²) in [5, 5.41) is 2.85.